The van der Waals surface area contributed by atoms with Gasteiger partial charge >= 0.3 is 0 Å². The fraction of sp³-hybridized carbons (Fsp3) is 0. The maximum absolute atomic E-state index is 8.67. The zero-order valence-corrected chi connectivity index (χ0v) is 14.7. The molecule has 0 heterocycles. The first-order valence-electron chi connectivity index (χ1n) is 4.18. The second-order valence-corrected chi connectivity index (χ2v) is 1.91. The quantitative estimate of drug-likeness (QED) is 0.166. The molecule has 0 fully saturated rings. The fourth-order valence-corrected chi connectivity index (χ4v) is 0. The van der Waals surface area contributed by atoms with E-state index in [4.69, 9.17) is 59.4 Å². The van der Waals surface area contributed by atoms with E-state index >= 15 is 0 Å². The van der Waals surface area contributed by atoms with Crippen LogP contribution in [0.15, 0.2) is 0 Å². The normalized spacial score (nSPS) is 5.76. The van der Waals surface area contributed by atoms with Gasteiger partial charge in [-0.3, -0.25) is 0 Å². The maximum Gasteiger partial charge on any atom is 0.131 e. The van der Waals surface area contributed by atoms with E-state index in [1.54, 1.807) is 0 Å². The molecule has 6 amide bonds. The first kappa shape index (κ1) is 42.9. The molecule has 25 heavy (non-hydrogen) atoms. The summed E-state index contributed by atoms with van der Waals surface area (Å²) < 4.78 is 0. The molecule has 0 aromatic heterocycles. The summed E-state index contributed by atoms with van der Waals surface area (Å²) in [6.45, 7) is 0. The largest absolute Gasteiger partial charge is 0.530 e. The number of rotatable bonds is 0. The van der Waals surface area contributed by atoms with Crippen LogP contribution in [-0.4, -0.2) is 36.6 Å². The summed E-state index contributed by atoms with van der Waals surface area (Å²) in [7, 11) is 0. The number of amides is 6. The zero-order valence-electron chi connectivity index (χ0n) is 11.8. The Bertz CT molecular complexity index is 273. The van der Waals surface area contributed by atoms with Crippen molar-refractivity contribution in [3.8, 4) is 0 Å². The third kappa shape index (κ3) is 499. The van der Waals surface area contributed by atoms with Crippen LogP contribution in [0.5, 0.6) is 0 Å². The van der Waals surface area contributed by atoms with Crippen molar-refractivity contribution in [2.75, 3.05) is 0 Å². The molecule has 19 heteroatoms. The van der Waals surface area contributed by atoms with Gasteiger partial charge in [-0.25, -0.2) is 0 Å². The Hall–Kier alpha value is -3.69. The van der Waals surface area contributed by atoms with Gasteiger partial charge in [0.25, 0.3) is 0 Å². The van der Waals surface area contributed by atoms with Crippen LogP contribution in [-0.2, 0) is 21.1 Å². The maximum atomic E-state index is 8.67. The summed E-state index contributed by atoms with van der Waals surface area (Å²) >= 11 is 0. The van der Waals surface area contributed by atoms with Crippen molar-refractivity contribution in [1.82, 2.24) is 0 Å². The van der Waals surface area contributed by atoms with Crippen LogP contribution in [0.1, 0.15) is 0 Å². The molecule has 0 saturated heterocycles. The Balaban J connectivity index is -0.0000000309. The molecule has 0 aliphatic heterocycles. The molecule has 0 atom stereocenters. The number of nitrogens with two attached hydrogens (primary N) is 6. The minimum Gasteiger partial charge on any atom is -0.530 e. The molecule has 0 aromatic carbocycles. The van der Waals surface area contributed by atoms with Gasteiger partial charge in [-0.05, 0) is 0 Å². The first-order valence-corrected chi connectivity index (χ1v) is 4.18. The molecule has 0 aliphatic rings. The van der Waals surface area contributed by atoms with Crippen molar-refractivity contribution in [2.45, 2.75) is 0 Å². The molecule has 0 unspecified atom stereocenters. The van der Waals surface area contributed by atoms with Gasteiger partial charge < -0.3 is 93.8 Å². The van der Waals surface area contributed by atoms with Gasteiger partial charge in [0.2, 0.25) is 0 Å². The zero-order chi connectivity index (χ0) is 21.5. The number of hydrogen-bond acceptors (Lipinski definition) is 12. The van der Waals surface area contributed by atoms with Gasteiger partial charge in [0.05, 0.1) is 0 Å². The van der Waals surface area contributed by atoms with Crippen molar-refractivity contribution >= 4 is 36.6 Å². The number of carbonyl (C=O) groups excluding carboxylic acids is 6. The molecule has 18 nitrogen and oxygen atoms in total. The Morgan fingerprint density at radius 3 is 0.360 bits per heavy atom. The minimum absolute atomic E-state index is 0. The van der Waals surface area contributed by atoms with Crippen molar-refractivity contribution < 1.29 is 80.5 Å². The van der Waals surface area contributed by atoms with Crippen LogP contribution >= 0.6 is 0 Å². The van der Waals surface area contributed by atoms with Crippen LogP contribution in [0.2, 0.25) is 0 Å². The Kier molecular flexibility index (Phi) is 63.5. The van der Waals surface area contributed by atoms with Crippen molar-refractivity contribution in [3.05, 3.63) is 0 Å². The third-order valence-corrected chi connectivity index (χ3v) is 0. The molecule has 150 valence electrons. The van der Waals surface area contributed by atoms with Gasteiger partial charge in [0.1, 0.15) is 36.6 Å². The molecule has 0 rings (SSSR count). The van der Waals surface area contributed by atoms with Gasteiger partial charge in [0.15, 0.2) is 0 Å². The van der Waals surface area contributed by atoms with Crippen LogP contribution in [0.3, 0.4) is 0 Å². The number of carbonyl (C=O) groups is 6. The number of hydrogen-bond donors (Lipinski definition) is 6. The Labute approximate surface area is 152 Å². The van der Waals surface area contributed by atoms with Crippen molar-refractivity contribution in [1.29, 1.82) is 0 Å². The van der Waals surface area contributed by atoms with E-state index in [1.165, 1.54) is 0 Å². The SMILES string of the molecule is NC(=O)[O-].NC(=O)[O-].NC(=O)[O-].NC(=O)[O-].NC(=O)[O-].NC(=O)[O-].[W]. The van der Waals surface area contributed by atoms with Gasteiger partial charge in [-0.2, -0.15) is 0 Å². The smallest absolute Gasteiger partial charge is 0.131 e. The predicted octanol–water partition coefficient (Wildman–Crippen LogP) is -10.3. The van der Waals surface area contributed by atoms with E-state index in [9.17, 15) is 0 Å². The second-order valence-electron chi connectivity index (χ2n) is 1.91. The average Bonchev–Trinajstić information content (AvgIpc) is 2.08. The molecule has 0 aromatic rings. The topological polar surface area (TPSA) is 397 Å². The molecule has 0 saturated carbocycles. The van der Waals surface area contributed by atoms with Crippen LogP contribution in [0, 0.1) is 0 Å². The van der Waals surface area contributed by atoms with Crippen LogP contribution in [0.25, 0.3) is 0 Å². The van der Waals surface area contributed by atoms with Gasteiger partial charge in [-0.15, -0.1) is 0 Å². The first-order chi connectivity index (χ1) is 10.4. The molecular formula is C6H12N6O12W-6. The Morgan fingerprint density at radius 2 is 0.360 bits per heavy atom. The molecule has 0 radical (unpaired) electrons. The fourth-order valence-electron chi connectivity index (χ4n) is 0. The monoisotopic (exact) mass is 544 g/mol. The van der Waals surface area contributed by atoms with Gasteiger partial charge in [0, 0.05) is 21.1 Å². The average molecular weight is 544 g/mol. The summed E-state index contributed by atoms with van der Waals surface area (Å²) in [5.41, 5.74) is 23.5. The standard InChI is InChI=1S/6CH3NO2.W/c6*2-1(3)4;/h6*2H2,(H,3,4);/p-6. The summed E-state index contributed by atoms with van der Waals surface area (Å²) in [6, 6.07) is 0. The van der Waals surface area contributed by atoms with Crippen LogP contribution < -0.4 is 65.0 Å². The number of carboxylic acid groups (broad SMARTS) is 6. The number of primary amides is 6. The van der Waals surface area contributed by atoms with E-state index in [0.29, 0.717) is 0 Å². The van der Waals surface area contributed by atoms with E-state index in [1.807, 2.05) is 0 Å². The van der Waals surface area contributed by atoms with Crippen molar-refractivity contribution in [2.24, 2.45) is 34.4 Å². The summed E-state index contributed by atoms with van der Waals surface area (Å²) in [6.07, 6.45) is -9.50. The van der Waals surface area contributed by atoms with E-state index < -0.39 is 36.6 Å². The Morgan fingerprint density at radius 1 is 0.360 bits per heavy atom. The molecule has 0 bridgehead atoms. The molecular weight excluding hydrogens is 532 g/mol. The molecule has 0 spiro atoms. The van der Waals surface area contributed by atoms with Crippen LogP contribution in [0.4, 0.5) is 28.8 Å². The summed E-state index contributed by atoms with van der Waals surface area (Å²) in [4.78, 5) is 52.0. The van der Waals surface area contributed by atoms with E-state index in [2.05, 4.69) is 34.4 Å². The molecule has 12 N–H and O–H groups in total. The van der Waals surface area contributed by atoms with E-state index in [0.717, 1.165) is 0 Å². The molecule has 0 aliphatic carbocycles. The minimum atomic E-state index is -1.58. The van der Waals surface area contributed by atoms with E-state index in [-0.39, 0.29) is 21.1 Å². The third-order valence-electron chi connectivity index (χ3n) is 0. The van der Waals surface area contributed by atoms with Gasteiger partial charge in [-0.1, -0.05) is 0 Å². The summed E-state index contributed by atoms with van der Waals surface area (Å²) in [5.74, 6) is 0. The van der Waals surface area contributed by atoms with Crippen molar-refractivity contribution in [3.63, 3.8) is 0 Å². The predicted molar refractivity (Wildman–Crippen MR) is 57.5 cm³/mol. The summed E-state index contributed by atoms with van der Waals surface area (Å²) in [5, 5.41) is 52.0. The second kappa shape index (κ2) is 37.0.